The Morgan fingerprint density at radius 2 is 1.76 bits per heavy atom. The van der Waals surface area contributed by atoms with Gasteiger partial charge in [0.1, 0.15) is 13.2 Å². The van der Waals surface area contributed by atoms with E-state index in [0.29, 0.717) is 12.8 Å². The molecular formula is C12H20O5. The molecule has 0 saturated carbocycles. The third kappa shape index (κ3) is 7.49. The predicted molar refractivity (Wildman–Crippen MR) is 61.3 cm³/mol. The van der Waals surface area contributed by atoms with Crippen molar-refractivity contribution in [2.45, 2.75) is 40.0 Å². The number of rotatable bonds is 8. The molecule has 0 aromatic rings. The molecule has 0 aromatic carbocycles. The van der Waals surface area contributed by atoms with Gasteiger partial charge in [-0.1, -0.05) is 20.8 Å². The van der Waals surface area contributed by atoms with Crippen molar-refractivity contribution in [3.8, 4) is 0 Å². The van der Waals surface area contributed by atoms with Crippen molar-refractivity contribution in [2.24, 2.45) is 5.92 Å². The molecule has 0 fully saturated rings. The summed E-state index contributed by atoms with van der Waals surface area (Å²) < 4.78 is 9.56. The summed E-state index contributed by atoms with van der Waals surface area (Å²) in [5.74, 6) is -1.13. The van der Waals surface area contributed by atoms with Gasteiger partial charge in [0.15, 0.2) is 5.78 Å². The van der Waals surface area contributed by atoms with E-state index >= 15 is 0 Å². The zero-order valence-electron chi connectivity index (χ0n) is 10.7. The predicted octanol–water partition coefficient (Wildman–Crippen LogP) is 1.49. The lowest BCUT2D eigenvalue weighted by Crippen LogP contribution is -2.18. The first-order chi connectivity index (χ1) is 8.01. The van der Waals surface area contributed by atoms with E-state index in [1.165, 1.54) is 0 Å². The minimum Gasteiger partial charge on any atom is -0.465 e. The topological polar surface area (TPSA) is 69.7 Å². The summed E-state index contributed by atoms with van der Waals surface area (Å²) >= 11 is 0. The van der Waals surface area contributed by atoms with Crippen LogP contribution in [0.2, 0.25) is 0 Å². The summed E-state index contributed by atoms with van der Waals surface area (Å²) in [6, 6.07) is 0. The second kappa shape index (κ2) is 8.73. The molecule has 0 unspecified atom stereocenters. The van der Waals surface area contributed by atoms with Crippen LogP contribution in [0.15, 0.2) is 0 Å². The molecule has 0 amide bonds. The second-order valence-corrected chi connectivity index (χ2v) is 3.78. The first-order valence-electron chi connectivity index (χ1n) is 5.85. The highest BCUT2D eigenvalue weighted by Gasteiger charge is 2.13. The second-order valence-electron chi connectivity index (χ2n) is 3.78. The highest BCUT2D eigenvalue weighted by molar-refractivity contribution is 5.82. The van der Waals surface area contributed by atoms with E-state index in [0.717, 1.165) is 0 Å². The van der Waals surface area contributed by atoms with E-state index in [2.05, 4.69) is 4.74 Å². The van der Waals surface area contributed by atoms with Gasteiger partial charge in [0.2, 0.25) is 0 Å². The van der Waals surface area contributed by atoms with Gasteiger partial charge in [-0.15, -0.1) is 0 Å². The molecule has 5 nitrogen and oxygen atoms in total. The minimum absolute atomic E-state index is 0.00230. The third-order valence-electron chi connectivity index (χ3n) is 2.35. The molecule has 0 rings (SSSR count). The molecule has 0 aliphatic rings. The van der Waals surface area contributed by atoms with Gasteiger partial charge in [-0.25, -0.2) is 0 Å². The van der Waals surface area contributed by atoms with Crippen molar-refractivity contribution in [3.05, 3.63) is 0 Å². The average Bonchev–Trinajstić information content (AvgIpc) is 2.34. The number of hydrogen-bond donors (Lipinski definition) is 0. The Kier molecular flexibility index (Phi) is 8.01. The Labute approximate surface area is 101 Å². The fourth-order valence-corrected chi connectivity index (χ4v) is 0.879. The van der Waals surface area contributed by atoms with Gasteiger partial charge in [-0.2, -0.15) is 0 Å². The van der Waals surface area contributed by atoms with Gasteiger partial charge in [0, 0.05) is 6.42 Å². The molecule has 0 spiro atoms. The van der Waals surface area contributed by atoms with Crippen molar-refractivity contribution >= 4 is 17.7 Å². The minimum atomic E-state index is -0.524. The van der Waals surface area contributed by atoms with Gasteiger partial charge in [0.25, 0.3) is 0 Å². The summed E-state index contributed by atoms with van der Waals surface area (Å²) in [7, 11) is 0. The fourth-order valence-electron chi connectivity index (χ4n) is 0.879. The highest BCUT2D eigenvalue weighted by Crippen LogP contribution is 2.03. The number of Topliss-reactive ketones (excluding diaryl/α,β-unsaturated/α-hetero) is 1. The maximum Gasteiger partial charge on any atom is 0.309 e. The van der Waals surface area contributed by atoms with Crippen LogP contribution >= 0.6 is 0 Å². The Morgan fingerprint density at radius 3 is 2.29 bits per heavy atom. The number of carbonyl (C=O) groups excluding carboxylic acids is 3. The zero-order chi connectivity index (χ0) is 13.3. The highest BCUT2D eigenvalue weighted by atomic mass is 16.5. The first kappa shape index (κ1) is 15.6. The van der Waals surface area contributed by atoms with Crippen LogP contribution in [0, 0.1) is 5.92 Å². The molecule has 0 aliphatic carbocycles. The van der Waals surface area contributed by atoms with Crippen molar-refractivity contribution in [1.82, 2.24) is 0 Å². The summed E-state index contributed by atoms with van der Waals surface area (Å²) in [6.45, 7) is 5.15. The molecule has 0 aliphatic heterocycles. The van der Waals surface area contributed by atoms with Gasteiger partial charge < -0.3 is 9.47 Å². The first-order valence-corrected chi connectivity index (χ1v) is 5.85. The fraction of sp³-hybridized carbons (Fsp3) is 0.750. The van der Waals surface area contributed by atoms with Crippen molar-refractivity contribution in [1.29, 1.82) is 0 Å². The van der Waals surface area contributed by atoms with E-state index in [9.17, 15) is 14.4 Å². The summed E-state index contributed by atoms with van der Waals surface area (Å²) in [5.41, 5.74) is 0. The Morgan fingerprint density at radius 1 is 1.12 bits per heavy atom. The Hall–Kier alpha value is -1.39. The van der Waals surface area contributed by atoms with Crippen molar-refractivity contribution < 1.29 is 23.9 Å². The van der Waals surface area contributed by atoms with Crippen LogP contribution in [0.4, 0.5) is 0 Å². The lowest BCUT2D eigenvalue weighted by atomic mass is 10.1. The number of esters is 2. The van der Waals surface area contributed by atoms with Gasteiger partial charge >= 0.3 is 11.9 Å². The maximum atomic E-state index is 11.2. The quantitative estimate of drug-likeness (QED) is 0.605. The molecular weight excluding hydrogens is 224 g/mol. The molecule has 5 heteroatoms. The lowest BCUT2D eigenvalue weighted by molar-refractivity contribution is -0.153. The zero-order valence-corrected chi connectivity index (χ0v) is 10.7. The lowest BCUT2D eigenvalue weighted by Gasteiger charge is -2.08. The Balaban J connectivity index is 3.64. The summed E-state index contributed by atoms with van der Waals surface area (Å²) in [4.78, 5) is 33.2. The Bertz CT molecular complexity index is 272. The molecule has 1 atom stereocenters. The standard InChI is InChI=1S/C12H20O5/c1-4-9(3)12(15)16-7-6-11(14)17-8-10(13)5-2/h9H,4-8H2,1-3H3/t9-/m0/s1. The molecule has 0 radical (unpaired) electrons. The van der Waals surface area contributed by atoms with Crippen LogP contribution < -0.4 is 0 Å². The van der Waals surface area contributed by atoms with Gasteiger partial charge in [0.05, 0.1) is 12.3 Å². The smallest absolute Gasteiger partial charge is 0.309 e. The summed E-state index contributed by atoms with van der Waals surface area (Å²) in [5, 5.41) is 0. The van der Waals surface area contributed by atoms with Crippen molar-refractivity contribution in [2.75, 3.05) is 13.2 Å². The van der Waals surface area contributed by atoms with Crippen LogP contribution in [-0.2, 0) is 23.9 Å². The number of hydrogen-bond acceptors (Lipinski definition) is 5. The largest absolute Gasteiger partial charge is 0.465 e. The number of ketones is 1. The normalized spacial score (nSPS) is 11.7. The van der Waals surface area contributed by atoms with E-state index in [1.807, 2.05) is 6.92 Å². The van der Waals surface area contributed by atoms with Crippen LogP contribution in [0.3, 0.4) is 0 Å². The van der Waals surface area contributed by atoms with Crippen LogP contribution in [0.25, 0.3) is 0 Å². The van der Waals surface area contributed by atoms with E-state index in [4.69, 9.17) is 4.74 Å². The van der Waals surface area contributed by atoms with E-state index in [1.54, 1.807) is 13.8 Å². The molecule has 0 N–H and O–H groups in total. The van der Waals surface area contributed by atoms with E-state index in [-0.39, 0.29) is 37.3 Å². The molecule has 17 heavy (non-hydrogen) atoms. The summed E-state index contributed by atoms with van der Waals surface area (Å²) in [6.07, 6.45) is 1.03. The molecule has 0 saturated heterocycles. The SMILES string of the molecule is CCC(=O)COC(=O)CCOC(=O)[C@@H](C)CC. The molecule has 0 heterocycles. The van der Waals surface area contributed by atoms with Crippen LogP contribution in [0.5, 0.6) is 0 Å². The maximum absolute atomic E-state index is 11.2. The van der Waals surface area contributed by atoms with Gasteiger partial charge in [-0.3, -0.25) is 14.4 Å². The molecule has 0 aromatic heterocycles. The van der Waals surface area contributed by atoms with E-state index < -0.39 is 5.97 Å². The molecule has 98 valence electrons. The molecule has 0 bridgehead atoms. The monoisotopic (exact) mass is 244 g/mol. The average molecular weight is 244 g/mol. The van der Waals surface area contributed by atoms with Crippen LogP contribution in [0.1, 0.15) is 40.0 Å². The van der Waals surface area contributed by atoms with Gasteiger partial charge in [-0.05, 0) is 6.42 Å². The van der Waals surface area contributed by atoms with Crippen molar-refractivity contribution in [3.63, 3.8) is 0 Å². The van der Waals surface area contributed by atoms with Crippen LogP contribution in [-0.4, -0.2) is 30.9 Å². The number of carbonyl (C=O) groups is 3. The third-order valence-corrected chi connectivity index (χ3v) is 2.35. The number of ether oxygens (including phenoxy) is 2.